The predicted molar refractivity (Wildman–Crippen MR) is 68.5 cm³/mol. The highest BCUT2D eigenvalue weighted by Crippen LogP contribution is 2.10. The molecule has 0 heterocycles. The Morgan fingerprint density at radius 3 is 2.59 bits per heavy atom. The molecule has 0 radical (unpaired) electrons. The van der Waals surface area contributed by atoms with Crippen LogP contribution in [-0.2, 0) is 11.4 Å². The highest BCUT2D eigenvalue weighted by Gasteiger charge is 2.08. The van der Waals surface area contributed by atoms with E-state index in [9.17, 15) is 4.79 Å². The molecule has 1 amide bonds. The summed E-state index contributed by atoms with van der Waals surface area (Å²) in [6.45, 7) is 2.06. The number of carbonyl (C=O) groups is 1. The van der Waals surface area contributed by atoms with Crippen molar-refractivity contribution in [2.24, 2.45) is 5.73 Å². The molecule has 1 rings (SSSR count). The number of benzene rings is 1. The van der Waals surface area contributed by atoms with Crippen molar-refractivity contribution in [1.29, 1.82) is 0 Å². The molecule has 1 unspecified atom stereocenters. The standard InChI is InChI=1S/C13H20N2O2/c1-2-3-11(14)8-13(17)15-12-6-4-10(9-16)5-7-12/h4-7,11,16H,2-3,8-9,14H2,1H3,(H,15,17). The maximum absolute atomic E-state index is 11.6. The summed E-state index contributed by atoms with van der Waals surface area (Å²) < 4.78 is 0. The van der Waals surface area contributed by atoms with Crippen LogP contribution >= 0.6 is 0 Å². The second-order valence-corrected chi connectivity index (χ2v) is 4.16. The summed E-state index contributed by atoms with van der Waals surface area (Å²) in [5.41, 5.74) is 7.35. The molecule has 0 saturated carbocycles. The average molecular weight is 236 g/mol. The normalized spacial score (nSPS) is 12.2. The van der Waals surface area contributed by atoms with Crippen LogP contribution in [0.1, 0.15) is 31.7 Å². The van der Waals surface area contributed by atoms with Gasteiger partial charge in [-0.3, -0.25) is 4.79 Å². The molecule has 1 aromatic carbocycles. The third-order valence-electron chi connectivity index (χ3n) is 2.53. The molecule has 0 aromatic heterocycles. The number of carbonyl (C=O) groups excluding carboxylic acids is 1. The van der Waals surface area contributed by atoms with E-state index in [1.165, 1.54) is 0 Å². The number of nitrogens with one attached hydrogen (secondary N) is 1. The van der Waals surface area contributed by atoms with Crippen molar-refractivity contribution in [3.8, 4) is 0 Å². The molecular formula is C13H20N2O2. The van der Waals surface area contributed by atoms with Gasteiger partial charge in [-0.2, -0.15) is 0 Å². The van der Waals surface area contributed by atoms with Gasteiger partial charge in [0.1, 0.15) is 0 Å². The van der Waals surface area contributed by atoms with Gasteiger partial charge in [0.25, 0.3) is 0 Å². The monoisotopic (exact) mass is 236 g/mol. The van der Waals surface area contributed by atoms with Gasteiger partial charge in [0.05, 0.1) is 6.61 Å². The second-order valence-electron chi connectivity index (χ2n) is 4.16. The molecule has 4 nitrogen and oxygen atoms in total. The lowest BCUT2D eigenvalue weighted by Crippen LogP contribution is -2.26. The van der Waals surface area contributed by atoms with Crippen LogP contribution in [-0.4, -0.2) is 17.1 Å². The average Bonchev–Trinajstić information content (AvgIpc) is 2.30. The van der Waals surface area contributed by atoms with Crippen LogP contribution in [0.15, 0.2) is 24.3 Å². The Morgan fingerprint density at radius 2 is 2.06 bits per heavy atom. The topological polar surface area (TPSA) is 75.4 Å². The molecule has 1 atom stereocenters. The van der Waals surface area contributed by atoms with E-state index in [1.807, 2.05) is 6.92 Å². The second kappa shape index (κ2) is 7.04. The predicted octanol–water partition coefficient (Wildman–Crippen LogP) is 1.63. The molecule has 1 aromatic rings. The number of nitrogens with two attached hydrogens (primary N) is 1. The van der Waals surface area contributed by atoms with Crippen molar-refractivity contribution < 1.29 is 9.90 Å². The Balaban J connectivity index is 2.44. The summed E-state index contributed by atoms with van der Waals surface area (Å²) in [5.74, 6) is -0.0669. The quantitative estimate of drug-likeness (QED) is 0.702. The van der Waals surface area contributed by atoms with Gasteiger partial charge >= 0.3 is 0 Å². The Bertz CT molecular complexity index is 349. The molecule has 0 aliphatic heterocycles. The van der Waals surface area contributed by atoms with E-state index in [-0.39, 0.29) is 18.6 Å². The van der Waals surface area contributed by atoms with Crippen LogP contribution in [0.5, 0.6) is 0 Å². The molecular weight excluding hydrogens is 216 g/mol. The highest BCUT2D eigenvalue weighted by molar-refractivity contribution is 5.91. The van der Waals surface area contributed by atoms with Crippen LogP contribution in [0.2, 0.25) is 0 Å². The minimum Gasteiger partial charge on any atom is -0.392 e. The maximum atomic E-state index is 11.6. The van der Waals surface area contributed by atoms with Gasteiger partial charge in [0, 0.05) is 18.2 Å². The van der Waals surface area contributed by atoms with Crippen LogP contribution in [0, 0.1) is 0 Å². The van der Waals surface area contributed by atoms with Crippen molar-refractivity contribution in [2.45, 2.75) is 38.8 Å². The zero-order valence-corrected chi connectivity index (χ0v) is 10.1. The van der Waals surface area contributed by atoms with Crippen molar-refractivity contribution in [3.63, 3.8) is 0 Å². The summed E-state index contributed by atoms with van der Waals surface area (Å²) in [7, 11) is 0. The van der Waals surface area contributed by atoms with E-state index in [4.69, 9.17) is 10.8 Å². The van der Waals surface area contributed by atoms with Crippen LogP contribution in [0.4, 0.5) is 5.69 Å². The van der Waals surface area contributed by atoms with Crippen LogP contribution in [0.25, 0.3) is 0 Å². The SMILES string of the molecule is CCCC(N)CC(=O)Nc1ccc(CO)cc1. The fourth-order valence-electron chi connectivity index (χ4n) is 1.62. The smallest absolute Gasteiger partial charge is 0.225 e. The first-order valence-electron chi connectivity index (χ1n) is 5.91. The zero-order chi connectivity index (χ0) is 12.7. The first-order chi connectivity index (χ1) is 8.15. The number of aliphatic hydroxyl groups excluding tert-OH is 1. The zero-order valence-electron chi connectivity index (χ0n) is 10.1. The van der Waals surface area contributed by atoms with Crippen molar-refractivity contribution in [1.82, 2.24) is 0 Å². The van der Waals surface area contributed by atoms with Gasteiger partial charge in [0.2, 0.25) is 5.91 Å². The lowest BCUT2D eigenvalue weighted by molar-refractivity contribution is -0.116. The lowest BCUT2D eigenvalue weighted by atomic mass is 10.1. The summed E-state index contributed by atoms with van der Waals surface area (Å²) >= 11 is 0. The Labute approximate surface area is 102 Å². The highest BCUT2D eigenvalue weighted by atomic mass is 16.3. The van der Waals surface area contributed by atoms with Gasteiger partial charge in [-0.05, 0) is 24.1 Å². The van der Waals surface area contributed by atoms with E-state index in [2.05, 4.69) is 5.32 Å². The lowest BCUT2D eigenvalue weighted by Gasteiger charge is -2.10. The summed E-state index contributed by atoms with van der Waals surface area (Å²) in [6, 6.07) is 7.03. The van der Waals surface area contributed by atoms with Crippen molar-refractivity contribution in [3.05, 3.63) is 29.8 Å². The van der Waals surface area contributed by atoms with Crippen LogP contribution in [0.3, 0.4) is 0 Å². The fourth-order valence-corrected chi connectivity index (χ4v) is 1.62. The number of anilines is 1. The van der Waals surface area contributed by atoms with Gasteiger partial charge in [-0.1, -0.05) is 25.5 Å². The van der Waals surface area contributed by atoms with E-state index < -0.39 is 0 Å². The maximum Gasteiger partial charge on any atom is 0.225 e. The Morgan fingerprint density at radius 1 is 1.41 bits per heavy atom. The first kappa shape index (κ1) is 13.7. The summed E-state index contributed by atoms with van der Waals surface area (Å²) in [4.78, 5) is 11.6. The van der Waals surface area contributed by atoms with E-state index in [0.717, 1.165) is 24.1 Å². The van der Waals surface area contributed by atoms with Crippen molar-refractivity contribution in [2.75, 3.05) is 5.32 Å². The fraction of sp³-hybridized carbons (Fsp3) is 0.462. The van der Waals surface area contributed by atoms with E-state index >= 15 is 0 Å². The van der Waals surface area contributed by atoms with Gasteiger partial charge < -0.3 is 16.2 Å². The number of hydrogen-bond donors (Lipinski definition) is 3. The molecule has 0 spiro atoms. The number of hydrogen-bond acceptors (Lipinski definition) is 3. The molecule has 17 heavy (non-hydrogen) atoms. The number of amides is 1. The molecule has 0 aliphatic rings. The Hall–Kier alpha value is -1.39. The van der Waals surface area contributed by atoms with Gasteiger partial charge in [-0.25, -0.2) is 0 Å². The molecule has 0 fully saturated rings. The molecule has 94 valence electrons. The largest absolute Gasteiger partial charge is 0.392 e. The summed E-state index contributed by atoms with van der Waals surface area (Å²) in [5, 5.41) is 11.7. The van der Waals surface area contributed by atoms with Crippen molar-refractivity contribution >= 4 is 11.6 Å². The molecule has 4 heteroatoms. The molecule has 0 aliphatic carbocycles. The van der Waals surface area contributed by atoms with E-state index in [1.54, 1.807) is 24.3 Å². The third-order valence-corrected chi connectivity index (χ3v) is 2.53. The van der Waals surface area contributed by atoms with Gasteiger partial charge in [-0.15, -0.1) is 0 Å². The minimum absolute atomic E-state index is 0.00952. The molecule has 4 N–H and O–H groups in total. The first-order valence-corrected chi connectivity index (χ1v) is 5.91. The van der Waals surface area contributed by atoms with E-state index in [0.29, 0.717) is 6.42 Å². The summed E-state index contributed by atoms with van der Waals surface area (Å²) in [6.07, 6.45) is 2.19. The minimum atomic E-state index is -0.0725. The number of aliphatic hydroxyl groups is 1. The van der Waals surface area contributed by atoms with Gasteiger partial charge in [0.15, 0.2) is 0 Å². The van der Waals surface area contributed by atoms with Crippen LogP contribution < -0.4 is 11.1 Å². The molecule has 0 bridgehead atoms. The number of rotatable bonds is 6. The Kier molecular flexibility index (Phi) is 5.66. The molecule has 0 saturated heterocycles. The third kappa shape index (κ3) is 4.97.